The highest BCUT2D eigenvalue weighted by molar-refractivity contribution is 6.99. The molecule has 428 valence electrons. The fraction of sp³-hybridized carbons (Fsp3) is 0.103. The number of ether oxygens (including phenoxy) is 1. The van der Waals surface area contributed by atoms with E-state index >= 15 is 0 Å². The molecular weight excluding hydrogens is 1100 g/mol. The van der Waals surface area contributed by atoms with Crippen molar-refractivity contribution in [3.8, 4) is 44.9 Å². The second kappa shape index (κ2) is 19.2. The Kier molecular flexibility index (Phi) is 10.8. The molecule has 0 radical (unpaired) electrons. The van der Waals surface area contributed by atoms with Gasteiger partial charge in [-0.2, -0.15) is 0 Å². The number of hydrogen-bond acceptors (Lipinski definition) is 3. The molecule has 91 heavy (non-hydrogen) atoms. The molecule has 4 heterocycles. The summed E-state index contributed by atoms with van der Waals surface area (Å²) < 4.78 is 8.09. The first-order chi connectivity index (χ1) is 45.2. The van der Waals surface area contributed by atoms with Crippen molar-refractivity contribution in [3.63, 3.8) is 0 Å². The van der Waals surface area contributed by atoms with Crippen LogP contribution in [0.4, 0.5) is 22.7 Å². The minimum absolute atomic E-state index is 0.174. The molecule has 7 aliphatic rings. The van der Waals surface area contributed by atoms with Gasteiger partial charge in [-0.25, -0.2) is 0 Å². The lowest BCUT2D eigenvalue weighted by atomic mass is 9.33. The summed E-state index contributed by atoms with van der Waals surface area (Å²) >= 11 is 0. The van der Waals surface area contributed by atoms with Gasteiger partial charge in [-0.1, -0.05) is 273 Å². The van der Waals surface area contributed by atoms with Gasteiger partial charge in [0.2, 0.25) is 0 Å². The van der Waals surface area contributed by atoms with Crippen LogP contribution >= 0.6 is 0 Å². The van der Waals surface area contributed by atoms with Crippen molar-refractivity contribution < 1.29 is 4.74 Å². The maximum Gasteiger partial charge on any atom is 0.256 e. The Labute approximate surface area is 532 Å². The first kappa shape index (κ1) is 51.2. The lowest BCUT2D eigenvalue weighted by Gasteiger charge is -2.47. The normalized spacial score (nSPS) is 16.2. The Balaban J connectivity index is 0.933. The number of hydrogen-bond donors (Lipinski definition) is 0. The lowest BCUT2D eigenvalue weighted by molar-refractivity contribution is 0.474. The van der Waals surface area contributed by atoms with Gasteiger partial charge in [0.1, 0.15) is 11.5 Å². The first-order valence-corrected chi connectivity index (χ1v) is 32.8. The number of nitrogens with zero attached hydrogens (tertiary/aromatic N) is 2. The molecule has 0 fully saturated rings. The SMILES string of the molecule is c1ccc(C2(c3ccccc3)c3ccccc3-c3ccc(N4c5cc6c(cc5B5c7cc8c(cc7Oc7c9c%10c(c4c75)CCCN%10CCC9)C(c4ccccc4)(c4ccccc4)c4ccccc4-8)-c4ccccc4C6(c4ccccc4)c4ccccc4)cc32)cc1. The fourth-order valence-electron chi connectivity index (χ4n) is 18.8. The molecule has 3 nitrogen and oxygen atoms in total. The highest BCUT2D eigenvalue weighted by atomic mass is 16.5. The quantitative estimate of drug-likeness (QED) is 0.148. The van der Waals surface area contributed by atoms with E-state index in [-0.39, 0.29) is 6.71 Å². The van der Waals surface area contributed by atoms with E-state index in [1.165, 1.54) is 145 Å². The molecule has 4 heteroatoms. The van der Waals surface area contributed by atoms with E-state index in [1.54, 1.807) is 0 Å². The summed E-state index contributed by atoms with van der Waals surface area (Å²) in [5, 5.41) is 0. The fourth-order valence-corrected chi connectivity index (χ4v) is 18.8. The van der Waals surface area contributed by atoms with Crippen molar-refractivity contribution in [1.82, 2.24) is 0 Å². The predicted molar refractivity (Wildman–Crippen MR) is 373 cm³/mol. The van der Waals surface area contributed by atoms with Gasteiger partial charge in [0.15, 0.2) is 0 Å². The van der Waals surface area contributed by atoms with Crippen molar-refractivity contribution in [3.05, 3.63) is 375 Å². The average Bonchev–Trinajstić information content (AvgIpc) is 1.68. The first-order valence-electron chi connectivity index (χ1n) is 32.8. The molecule has 3 aliphatic carbocycles. The van der Waals surface area contributed by atoms with Crippen LogP contribution < -0.4 is 30.9 Å². The molecule has 0 atom stereocenters. The van der Waals surface area contributed by atoms with E-state index in [0.717, 1.165) is 56.0 Å². The summed E-state index contributed by atoms with van der Waals surface area (Å²) in [6.07, 6.45) is 4.11. The largest absolute Gasteiger partial charge is 0.458 e. The summed E-state index contributed by atoms with van der Waals surface area (Å²) in [5.41, 5.74) is 32.8. The van der Waals surface area contributed by atoms with E-state index in [1.807, 2.05) is 0 Å². The van der Waals surface area contributed by atoms with E-state index in [0.29, 0.717) is 0 Å². The molecule has 0 amide bonds. The molecule has 0 saturated carbocycles. The zero-order valence-electron chi connectivity index (χ0n) is 50.4. The number of anilines is 4. The Morgan fingerprint density at radius 3 is 1.18 bits per heavy atom. The maximum atomic E-state index is 8.09. The number of fused-ring (bicyclic) bond motifs is 15. The van der Waals surface area contributed by atoms with Gasteiger partial charge < -0.3 is 14.5 Å². The second-order valence-corrected chi connectivity index (χ2v) is 26.2. The molecule has 4 aliphatic heterocycles. The van der Waals surface area contributed by atoms with Gasteiger partial charge in [0.25, 0.3) is 6.71 Å². The summed E-state index contributed by atoms with van der Waals surface area (Å²) in [6.45, 7) is 1.90. The van der Waals surface area contributed by atoms with Crippen LogP contribution in [0, 0.1) is 0 Å². The summed E-state index contributed by atoms with van der Waals surface area (Å²) in [6, 6.07) is 114. The molecule has 0 aromatic heterocycles. The van der Waals surface area contributed by atoms with Gasteiger partial charge >= 0.3 is 0 Å². The molecule has 20 rings (SSSR count). The second-order valence-electron chi connectivity index (χ2n) is 26.2. The van der Waals surface area contributed by atoms with E-state index in [4.69, 9.17) is 4.74 Å². The van der Waals surface area contributed by atoms with Crippen molar-refractivity contribution in [2.75, 3.05) is 22.9 Å². The highest BCUT2D eigenvalue weighted by Gasteiger charge is 2.54. The van der Waals surface area contributed by atoms with E-state index in [2.05, 4.69) is 307 Å². The van der Waals surface area contributed by atoms with Crippen LogP contribution in [-0.2, 0) is 29.1 Å². The van der Waals surface area contributed by atoms with Crippen molar-refractivity contribution in [2.45, 2.75) is 41.9 Å². The van der Waals surface area contributed by atoms with Crippen LogP contribution in [0.2, 0.25) is 0 Å². The van der Waals surface area contributed by atoms with Gasteiger partial charge in [-0.15, -0.1) is 0 Å². The van der Waals surface area contributed by atoms with Crippen LogP contribution in [0.15, 0.2) is 297 Å². The molecule has 13 aromatic carbocycles. The predicted octanol–water partition coefficient (Wildman–Crippen LogP) is 17.9. The standard InChI is InChI=1S/C87H61BN2O/c1-7-27-56(28-8-1)85(57-29-9-2-10-30-57)71-44-22-19-39-63(71)66-48-47-62(51-74(66)85)90-79-54-75-69(64-40-20-23-45-72(64)86(75,58-31-11-3-12-32-58)59-33-13-4-14-34-59)52-77(79)88-78-53-70-65-41-21-24-46-73(65)87(60-35-15-5-16-36-60,61-37-17-6-18-38-61)76(70)55-80(78)91-84-68-43-26-50-89-49-25-42-67(82(68)89)83(90)81(84)88/h1-24,27-41,44-48,51-55H,25-26,42-43,49-50H2. The molecular formula is C87H61BN2O. The van der Waals surface area contributed by atoms with Crippen LogP contribution in [-0.4, -0.2) is 19.8 Å². The van der Waals surface area contributed by atoms with Crippen LogP contribution in [0.1, 0.15) is 90.7 Å². The highest BCUT2D eigenvalue weighted by Crippen LogP contribution is 2.63. The van der Waals surface area contributed by atoms with Gasteiger partial charge in [-0.05, 0) is 172 Å². The molecule has 13 aromatic rings. The van der Waals surface area contributed by atoms with Gasteiger partial charge in [-0.3, -0.25) is 0 Å². The zero-order valence-corrected chi connectivity index (χ0v) is 50.4. The third kappa shape index (κ3) is 6.64. The Bertz CT molecular complexity index is 5040. The minimum Gasteiger partial charge on any atom is -0.458 e. The van der Waals surface area contributed by atoms with Crippen molar-refractivity contribution >= 4 is 45.9 Å². The zero-order chi connectivity index (χ0) is 59.6. The maximum absolute atomic E-state index is 8.09. The number of rotatable bonds is 7. The molecule has 0 spiro atoms. The molecule has 0 N–H and O–H groups in total. The van der Waals surface area contributed by atoms with Gasteiger partial charge in [0.05, 0.1) is 21.9 Å². The summed E-state index contributed by atoms with van der Waals surface area (Å²) in [4.78, 5) is 5.49. The molecule has 0 saturated heterocycles. The molecule has 0 bridgehead atoms. The van der Waals surface area contributed by atoms with Gasteiger partial charge in [0, 0.05) is 35.7 Å². The minimum atomic E-state index is -0.632. The Hall–Kier alpha value is -10.7. The van der Waals surface area contributed by atoms with E-state index in [9.17, 15) is 0 Å². The Morgan fingerprint density at radius 1 is 0.319 bits per heavy atom. The molecule has 0 unspecified atom stereocenters. The third-order valence-electron chi connectivity index (χ3n) is 22.1. The van der Waals surface area contributed by atoms with Crippen molar-refractivity contribution in [1.29, 1.82) is 0 Å². The third-order valence-corrected chi connectivity index (χ3v) is 22.1. The van der Waals surface area contributed by atoms with Crippen molar-refractivity contribution in [2.24, 2.45) is 0 Å². The summed E-state index contributed by atoms with van der Waals surface area (Å²) in [7, 11) is 0. The summed E-state index contributed by atoms with van der Waals surface area (Å²) in [5.74, 6) is 2.00. The van der Waals surface area contributed by atoms with E-state index < -0.39 is 16.2 Å². The van der Waals surface area contributed by atoms with Crippen LogP contribution in [0.25, 0.3) is 33.4 Å². The van der Waals surface area contributed by atoms with Crippen LogP contribution in [0.5, 0.6) is 11.5 Å². The lowest BCUT2D eigenvalue weighted by Crippen LogP contribution is -2.60. The Morgan fingerprint density at radius 2 is 0.703 bits per heavy atom. The smallest absolute Gasteiger partial charge is 0.256 e. The number of benzene rings is 13. The monoisotopic (exact) mass is 1160 g/mol. The van der Waals surface area contributed by atoms with Crippen LogP contribution in [0.3, 0.4) is 0 Å². The topological polar surface area (TPSA) is 15.7 Å². The average molecular weight is 1160 g/mol.